The predicted octanol–water partition coefficient (Wildman–Crippen LogP) is 3.52. The number of halogens is 2. The molecule has 1 N–H and O–H groups in total. The summed E-state index contributed by atoms with van der Waals surface area (Å²) >= 11 is 0. The fourth-order valence-electron chi connectivity index (χ4n) is 1.94. The van der Waals surface area contributed by atoms with Crippen LogP contribution in [-0.2, 0) is 4.79 Å². The van der Waals surface area contributed by atoms with Crippen LogP contribution in [-0.4, -0.2) is 12.5 Å². The lowest BCUT2D eigenvalue weighted by molar-refractivity contribution is -0.112. The van der Waals surface area contributed by atoms with Gasteiger partial charge in [0.1, 0.15) is 35.6 Å². The smallest absolute Gasteiger partial charge is 0.266 e. The second-order valence-electron chi connectivity index (χ2n) is 4.78. The van der Waals surface area contributed by atoms with Crippen LogP contribution in [0.25, 0.3) is 6.08 Å². The van der Waals surface area contributed by atoms with Crippen molar-refractivity contribution in [3.8, 4) is 24.2 Å². The number of hydrogen-bond acceptors (Lipinski definition) is 3. The zero-order valence-corrected chi connectivity index (χ0v) is 12.9. The Morgan fingerprint density at radius 1 is 1.28 bits per heavy atom. The topological polar surface area (TPSA) is 62.1 Å². The molecule has 0 fully saturated rings. The van der Waals surface area contributed by atoms with E-state index < -0.39 is 17.5 Å². The van der Waals surface area contributed by atoms with Gasteiger partial charge in [0, 0.05) is 11.6 Å². The summed E-state index contributed by atoms with van der Waals surface area (Å²) in [5, 5.41) is 11.4. The lowest BCUT2D eigenvalue weighted by atomic mass is 10.1. The van der Waals surface area contributed by atoms with E-state index in [9.17, 15) is 18.8 Å². The van der Waals surface area contributed by atoms with E-state index in [1.165, 1.54) is 6.08 Å². The molecule has 0 aliphatic rings. The van der Waals surface area contributed by atoms with E-state index in [0.29, 0.717) is 17.4 Å². The minimum Gasteiger partial charge on any atom is -0.480 e. The number of para-hydroxylation sites is 1. The van der Waals surface area contributed by atoms with Crippen LogP contribution in [0, 0.1) is 35.3 Å². The van der Waals surface area contributed by atoms with Crippen LogP contribution in [0.5, 0.6) is 5.75 Å². The molecule has 0 aliphatic heterocycles. The summed E-state index contributed by atoms with van der Waals surface area (Å²) < 4.78 is 31.9. The molecule has 124 valence electrons. The van der Waals surface area contributed by atoms with Gasteiger partial charge in [0.25, 0.3) is 5.91 Å². The fraction of sp³-hybridized carbons (Fsp3) is 0.0526. The second-order valence-corrected chi connectivity index (χ2v) is 4.78. The van der Waals surface area contributed by atoms with Gasteiger partial charge in [-0.15, -0.1) is 6.42 Å². The van der Waals surface area contributed by atoms with Gasteiger partial charge in [0.2, 0.25) is 0 Å². The largest absolute Gasteiger partial charge is 0.480 e. The van der Waals surface area contributed by atoms with Gasteiger partial charge >= 0.3 is 0 Å². The zero-order chi connectivity index (χ0) is 18.2. The molecule has 1 amide bonds. The number of amides is 1. The van der Waals surface area contributed by atoms with Crippen molar-refractivity contribution < 1.29 is 18.3 Å². The molecular formula is C19H12F2N2O2. The first-order valence-electron chi connectivity index (χ1n) is 7.08. The molecule has 0 radical (unpaired) electrons. The van der Waals surface area contributed by atoms with Gasteiger partial charge in [0.15, 0.2) is 0 Å². The van der Waals surface area contributed by atoms with Gasteiger partial charge in [-0.1, -0.05) is 24.1 Å². The highest BCUT2D eigenvalue weighted by Crippen LogP contribution is 2.22. The molecule has 0 aromatic heterocycles. The minimum absolute atomic E-state index is 0.0275. The van der Waals surface area contributed by atoms with Crippen molar-refractivity contribution in [3.05, 3.63) is 65.2 Å². The first-order chi connectivity index (χ1) is 12.0. The number of anilines is 1. The van der Waals surface area contributed by atoms with E-state index in [2.05, 4.69) is 11.2 Å². The van der Waals surface area contributed by atoms with E-state index in [1.54, 1.807) is 30.3 Å². The number of rotatable bonds is 5. The molecule has 4 nitrogen and oxygen atoms in total. The van der Waals surface area contributed by atoms with E-state index >= 15 is 0 Å². The summed E-state index contributed by atoms with van der Waals surface area (Å²) in [6.45, 7) is 0.0275. The Morgan fingerprint density at radius 3 is 2.72 bits per heavy atom. The number of hydrogen-bond donors (Lipinski definition) is 1. The Morgan fingerprint density at radius 2 is 2.04 bits per heavy atom. The highest BCUT2D eigenvalue weighted by Gasteiger charge is 2.13. The van der Waals surface area contributed by atoms with Crippen LogP contribution in [0.15, 0.2) is 48.0 Å². The minimum atomic E-state index is -0.941. The molecule has 0 spiro atoms. The average Bonchev–Trinajstić information content (AvgIpc) is 2.61. The van der Waals surface area contributed by atoms with Gasteiger partial charge in [-0.25, -0.2) is 8.78 Å². The number of ether oxygens (including phenoxy) is 1. The standard InChI is InChI=1S/C19H12F2N2O2/c1-2-9-25-18-6-4-3-5-13(18)10-14(12-22)19(24)23-17-8-7-15(20)11-16(17)21/h1,3-8,10-11H,9H2,(H,23,24)/b14-10+. The van der Waals surface area contributed by atoms with E-state index in [1.807, 2.05) is 0 Å². The van der Waals surface area contributed by atoms with Crippen LogP contribution in [0.4, 0.5) is 14.5 Å². The predicted molar refractivity (Wildman–Crippen MR) is 89.3 cm³/mol. The molecule has 0 atom stereocenters. The molecule has 2 aromatic rings. The molecule has 6 heteroatoms. The maximum atomic E-state index is 13.6. The van der Waals surface area contributed by atoms with E-state index in [0.717, 1.165) is 12.1 Å². The van der Waals surface area contributed by atoms with Crippen molar-refractivity contribution in [1.29, 1.82) is 5.26 Å². The van der Waals surface area contributed by atoms with Crippen molar-refractivity contribution in [2.24, 2.45) is 0 Å². The Labute approximate surface area is 143 Å². The highest BCUT2D eigenvalue weighted by atomic mass is 19.1. The molecule has 0 heterocycles. The summed E-state index contributed by atoms with van der Waals surface area (Å²) in [4.78, 5) is 12.2. The quantitative estimate of drug-likeness (QED) is 0.515. The van der Waals surface area contributed by atoms with Gasteiger partial charge in [0.05, 0.1) is 5.69 Å². The number of nitrogens with zero attached hydrogens (tertiary/aromatic N) is 1. The molecular weight excluding hydrogens is 326 g/mol. The SMILES string of the molecule is C#CCOc1ccccc1/C=C(\C#N)C(=O)Nc1ccc(F)cc1F. The maximum absolute atomic E-state index is 13.6. The Kier molecular flexibility index (Phi) is 5.86. The summed E-state index contributed by atoms with van der Waals surface area (Å²) in [5.41, 5.74) is -0.0473. The first-order valence-corrected chi connectivity index (χ1v) is 7.08. The number of benzene rings is 2. The molecule has 0 unspecified atom stereocenters. The van der Waals surface area contributed by atoms with Crippen LogP contribution >= 0.6 is 0 Å². The maximum Gasteiger partial charge on any atom is 0.266 e. The fourth-order valence-corrected chi connectivity index (χ4v) is 1.94. The summed E-state index contributed by atoms with van der Waals surface area (Å²) in [6, 6.07) is 11.1. The number of nitriles is 1. The van der Waals surface area contributed by atoms with Gasteiger partial charge in [-0.3, -0.25) is 4.79 Å². The second kappa shape index (κ2) is 8.28. The number of nitrogens with one attached hydrogen (secondary N) is 1. The third-order valence-corrected chi connectivity index (χ3v) is 3.07. The Balaban J connectivity index is 2.27. The molecule has 0 bridgehead atoms. The summed E-state index contributed by atoms with van der Waals surface area (Å²) in [5.74, 6) is 0.168. The molecule has 2 aromatic carbocycles. The van der Waals surface area contributed by atoms with Crippen molar-refractivity contribution in [3.63, 3.8) is 0 Å². The van der Waals surface area contributed by atoms with Crippen LogP contribution in [0.1, 0.15) is 5.56 Å². The number of carbonyl (C=O) groups is 1. The number of carbonyl (C=O) groups excluding carboxylic acids is 1. The van der Waals surface area contributed by atoms with Crippen molar-refractivity contribution in [1.82, 2.24) is 0 Å². The van der Waals surface area contributed by atoms with Crippen molar-refractivity contribution in [2.75, 3.05) is 11.9 Å². The van der Waals surface area contributed by atoms with Gasteiger partial charge in [-0.2, -0.15) is 5.26 Å². The summed E-state index contributed by atoms with van der Waals surface area (Å²) in [7, 11) is 0. The Bertz CT molecular complexity index is 908. The van der Waals surface area contributed by atoms with Crippen LogP contribution in [0.3, 0.4) is 0 Å². The van der Waals surface area contributed by atoms with E-state index in [4.69, 9.17) is 11.2 Å². The highest BCUT2D eigenvalue weighted by molar-refractivity contribution is 6.09. The van der Waals surface area contributed by atoms with Crippen LogP contribution < -0.4 is 10.1 Å². The monoisotopic (exact) mass is 338 g/mol. The van der Waals surface area contributed by atoms with E-state index in [-0.39, 0.29) is 17.9 Å². The lowest BCUT2D eigenvalue weighted by Crippen LogP contribution is -2.14. The van der Waals surface area contributed by atoms with Crippen molar-refractivity contribution in [2.45, 2.75) is 0 Å². The zero-order valence-electron chi connectivity index (χ0n) is 12.9. The molecule has 0 saturated carbocycles. The van der Waals surface area contributed by atoms with Crippen LogP contribution in [0.2, 0.25) is 0 Å². The van der Waals surface area contributed by atoms with Crippen molar-refractivity contribution >= 4 is 17.7 Å². The van der Waals surface area contributed by atoms with Gasteiger partial charge < -0.3 is 10.1 Å². The lowest BCUT2D eigenvalue weighted by Gasteiger charge is -2.08. The third kappa shape index (κ3) is 4.66. The molecule has 25 heavy (non-hydrogen) atoms. The third-order valence-electron chi connectivity index (χ3n) is 3.07. The molecule has 0 saturated heterocycles. The molecule has 2 rings (SSSR count). The normalized spacial score (nSPS) is 10.5. The Hall–Kier alpha value is -3.64. The first kappa shape index (κ1) is 17.7. The summed E-state index contributed by atoms with van der Waals surface area (Å²) in [6.07, 6.45) is 6.44. The molecule has 0 aliphatic carbocycles. The number of terminal acetylenes is 1. The average molecular weight is 338 g/mol. The van der Waals surface area contributed by atoms with Gasteiger partial charge in [-0.05, 0) is 24.3 Å².